The highest BCUT2D eigenvalue weighted by Gasteiger charge is 2.81. The maximum absolute atomic E-state index is 12.3. The molecular weight excluding hydrogens is 284 g/mol. The lowest BCUT2D eigenvalue weighted by Gasteiger charge is -2.55. The van der Waals surface area contributed by atoms with Gasteiger partial charge in [-0.05, 0) is 25.0 Å². The van der Waals surface area contributed by atoms with Crippen LogP contribution in [0.2, 0.25) is 0 Å². The highest BCUT2D eigenvalue weighted by molar-refractivity contribution is 5.96. The number of esters is 1. The molecule has 2 heterocycles. The lowest BCUT2D eigenvalue weighted by Crippen LogP contribution is -2.62. The summed E-state index contributed by atoms with van der Waals surface area (Å²) in [5.74, 6) is -0.120. The van der Waals surface area contributed by atoms with Crippen LogP contribution in [0.15, 0.2) is 11.6 Å². The Kier molecular flexibility index (Phi) is 2.62. The molecule has 2 aliphatic carbocycles. The molecule has 0 aromatic rings. The average Bonchev–Trinajstić information content (AvgIpc) is 3.16. The molecule has 5 heteroatoms. The summed E-state index contributed by atoms with van der Waals surface area (Å²) in [6.45, 7) is 8.18. The van der Waals surface area contributed by atoms with E-state index in [-0.39, 0.29) is 40.9 Å². The molecule has 0 aromatic heterocycles. The first-order chi connectivity index (χ1) is 10.2. The fraction of sp³-hybridized carbons (Fsp3) is 0.765. The SMILES string of the molecule is CC(=O)O[C@H]1C[C@@]2(C)[C@@]3(C)CC(=O)C(C)=C[C@@H]3O[C@@H]1[C@@]21CO1. The second-order valence-electron chi connectivity index (χ2n) is 7.71. The molecule has 1 spiro atoms. The molecular formula is C17H22O5. The van der Waals surface area contributed by atoms with Crippen LogP contribution in [0.25, 0.3) is 0 Å². The molecule has 5 nitrogen and oxygen atoms in total. The van der Waals surface area contributed by atoms with Crippen molar-refractivity contribution in [1.82, 2.24) is 0 Å². The van der Waals surface area contributed by atoms with Crippen molar-refractivity contribution >= 4 is 11.8 Å². The Morgan fingerprint density at radius 2 is 2.09 bits per heavy atom. The summed E-state index contributed by atoms with van der Waals surface area (Å²) < 4.78 is 17.7. The first-order valence-electron chi connectivity index (χ1n) is 7.92. The van der Waals surface area contributed by atoms with E-state index in [1.807, 2.05) is 13.0 Å². The van der Waals surface area contributed by atoms with E-state index in [0.29, 0.717) is 19.4 Å². The van der Waals surface area contributed by atoms with Crippen LogP contribution in [0.5, 0.6) is 0 Å². The van der Waals surface area contributed by atoms with E-state index in [4.69, 9.17) is 14.2 Å². The standard InChI is InChI=1S/C17H22O5/c1-9-5-13-15(3,6-11(9)19)16(4)7-12(21-10(2)18)14(22-13)17(16)8-20-17/h5,12-14H,6-8H2,1-4H3/t12-,13-,14-,15-,16-,17-/m0/s1. The predicted octanol–water partition coefficient (Wildman–Crippen LogP) is 1.79. The molecule has 6 atom stereocenters. The molecule has 2 bridgehead atoms. The van der Waals surface area contributed by atoms with Crippen LogP contribution in [0, 0.1) is 10.8 Å². The smallest absolute Gasteiger partial charge is 0.302 e. The van der Waals surface area contributed by atoms with Crippen molar-refractivity contribution in [3.8, 4) is 0 Å². The first-order valence-corrected chi connectivity index (χ1v) is 7.92. The van der Waals surface area contributed by atoms with Crippen LogP contribution in [-0.2, 0) is 23.8 Å². The van der Waals surface area contributed by atoms with Crippen LogP contribution < -0.4 is 0 Å². The van der Waals surface area contributed by atoms with Gasteiger partial charge in [0.2, 0.25) is 0 Å². The van der Waals surface area contributed by atoms with Gasteiger partial charge >= 0.3 is 5.97 Å². The fourth-order valence-electron chi connectivity index (χ4n) is 5.02. The molecule has 0 amide bonds. The number of ketones is 1. The molecule has 4 aliphatic rings. The van der Waals surface area contributed by atoms with Crippen molar-refractivity contribution in [3.63, 3.8) is 0 Å². The lowest BCUT2D eigenvalue weighted by molar-refractivity contribution is -0.200. The van der Waals surface area contributed by atoms with E-state index in [1.165, 1.54) is 6.92 Å². The minimum Gasteiger partial charge on any atom is -0.460 e. The average molecular weight is 306 g/mol. The summed E-state index contributed by atoms with van der Waals surface area (Å²) in [5.41, 5.74) is -0.203. The minimum atomic E-state index is -0.405. The summed E-state index contributed by atoms with van der Waals surface area (Å²) in [4.78, 5) is 23.8. The summed E-state index contributed by atoms with van der Waals surface area (Å²) in [5, 5.41) is 0. The van der Waals surface area contributed by atoms with Gasteiger partial charge in [0.15, 0.2) is 5.78 Å². The normalized spacial score (nSPS) is 52.3. The van der Waals surface area contributed by atoms with E-state index >= 15 is 0 Å². The Morgan fingerprint density at radius 1 is 1.41 bits per heavy atom. The summed E-state index contributed by atoms with van der Waals surface area (Å²) in [6, 6.07) is 0. The fourth-order valence-corrected chi connectivity index (χ4v) is 5.02. The first kappa shape index (κ1) is 14.4. The van der Waals surface area contributed by atoms with E-state index in [0.717, 1.165) is 5.57 Å². The van der Waals surface area contributed by atoms with Crippen molar-refractivity contribution in [2.24, 2.45) is 10.8 Å². The zero-order valence-electron chi connectivity index (χ0n) is 13.5. The van der Waals surface area contributed by atoms with E-state index < -0.39 is 5.60 Å². The summed E-state index contributed by atoms with van der Waals surface area (Å²) >= 11 is 0. The minimum absolute atomic E-state index is 0.129. The van der Waals surface area contributed by atoms with Crippen LogP contribution in [0.3, 0.4) is 0 Å². The zero-order valence-corrected chi connectivity index (χ0v) is 13.5. The van der Waals surface area contributed by atoms with Gasteiger partial charge in [-0.2, -0.15) is 0 Å². The van der Waals surface area contributed by atoms with Crippen molar-refractivity contribution in [3.05, 3.63) is 11.6 Å². The van der Waals surface area contributed by atoms with Gasteiger partial charge < -0.3 is 14.2 Å². The number of fused-ring (bicyclic) bond motifs is 2. The Hall–Kier alpha value is -1.20. The third-order valence-electron chi connectivity index (χ3n) is 6.66. The summed E-state index contributed by atoms with van der Waals surface area (Å²) in [7, 11) is 0. The maximum Gasteiger partial charge on any atom is 0.302 e. The second kappa shape index (κ2) is 4.01. The van der Waals surface area contributed by atoms with Gasteiger partial charge in [-0.25, -0.2) is 0 Å². The van der Waals surface area contributed by atoms with Crippen LogP contribution in [-0.4, -0.2) is 42.3 Å². The molecule has 120 valence electrons. The van der Waals surface area contributed by atoms with Crippen LogP contribution in [0.1, 0.15) is 40.5 Å². The third-order valence-corrected chi connectivity index (χ3v) is 6.66. The number of hydrogen-bond acceptors (Lipinski definition) is 5. The van der Waals surface area contributed by atoms with Gasteiger partial charge in [-0.1, -0.05) is 13.8 Å². The molecule has 22 heavy (non-hydrogen) atoms. The van der Waals surface area contributed by atoms with Crippen molar-refractivity contribution in [2.75, 3.05) is 6.61 Å². The van der Waals surface area contributed by atoms with Gasteiger partial charge in [0.25, 0.3) is 0 Å². The molecule has 2 aliphatic heterocycles. The number of rotatable bonds is 1. The number of carbonyl (C=O) groups is 2. The molecule has 1 saturated carbocycles. The van der Waals surface area contributed by atoms with E-state index in [9.17, 15) is 9.59 Å². The third kappa shape index (κ3) is 1.46. The lowest BCUT2D eigenvalue weighted by atomic mass is 9.52. The molecule has 0 radical (unpaired) electrons. The van der Waals surface area contributed by atoms with Crippen molar-refractivity contribution in [2.45, 2.75) is 64.4 Å². The van der Waals surface area contributed by atoms with Gasteiger partial charge in [-0.15, -0.1) is 0 Å². The van der Waals surface area contributed by atoms with Crippen LogP contribution in [0.4, 0.5) is 0 Å². The summed E-state index contributed by atoms with van der Waals surface area (Å²) in [6.07, 6.45) is 2.43. The van der Waals surface area contributed by atoms with Gasteiger partial charge in [0, 0.05) is 24.2 Å². The molecule has 0 aromatic carbocycles. The van der Waals surface area contributed by atoms with Crippen LogP contribution >= 0.6 is 0 Å². The number of carbonyl (C=O) groups excluding carboxylic acids is 2. The molecule has 2 saturated heterocycles. The highest BCUT2D eigenvalue weighted by atomic mass is 16.7. The highest BCUT2D eigenvalue weighted by Crippen LogP contribution is 2.71. The Labute approximate surface area is 130 Å². The zero-order chi connectivity index (χ0) is 15.9. The van der Waals surface area contributed by atoms with Gasteiger partial charge in [0.05, 0.1) is 12.7 Å². The molecule has 0 N–H and O–H groups in total. The Bertz CT molecular complexity index is 604. The number of hydrogen-bond donors (Lipinski definition) is 0. The van der Waals surface area contributed by atoms with Crippen molar-refractivity contribution in [1.29, 1.82) is 0 Å². The van der Waals surface area contributed by atoms with Gasteiger partial charge in [-0.3, -0.25) is 9.59 Å². The van der Waals surface area contributed by atoms with E-state index in [1.54, 1.807) is 0 Å². The Morgan fingerprint density at radius 3 is 2.68 bits per heavy atom. The molecule has 3 fully saturated rings. The second-order valence-corrected chi connectivity index (χ2v) is 7.71. The largest absolute Gasteiger partial charge is 0.460 e. The maximum atomic E-state index is 12.3. The topological polar surface area (TPSA) is 65.1 Å². The quantitative estimate of drug-likeness (QED) is 0.546. The Balaban J connectivity index is 1.80. The number of ether oxygens (including phenoxy) is 3. The number of epoxide rings is 1. The number of allylic oxidation sites excluding steroid dienone is 1. The predicted molar refractivity (Wildman–Crippen MR) is 77.1 cm³/mol. The molecule has 0 unspecified atom stereocenters. The monoisotopic (exact) mass is 306 g/mol. The van der Waals surface area contributed by atoms with Gasteiger partial charge in [0.1, 0.15) is 17.8 Å². The van der Waals surface area contributed by atoms with E-state index in [2.05, 4.69) is 13.8 Å². The molecule has 4 rings (SSSR count). The number of Topliss-reactive ketones (excluding diaryl/α,β-unsaturated/α-hetero) is 1. The van der Waals surface area contributed by atoms with Crippen molar-refractivity contribution < 1.29 is 23.8 Å².